The molecular formula is C13H24N2O. The SMILES string of the molecule is CC(=O)CC1CCCN1CCN1CCCC1. The van der Waals surface area contributed by atoms with Gasteiger partial charge >= 0.3 is 0 Å². The van der Waals surface area contributed by atoms with E-state index in [1.54, 1.807) is 6.92 Å². The third-order valence-electron chi connectivity index (χ3n) is 3.92. The van der Waals surface area contributed by atoms with Gasteiger partial charge in [0.05, 0.1) is 0 Å². The molecule has 1 unspecified atom stereocenters. The van der Waals surface area contributed by atoms with Gasteiger partial charge in [-0.2, -0.15) is 0 Å². The van der Waals surface area contributed by atoms with Crippen molar-refractivity contribution in [3.63, 3.8) is 0 Å². The number of rotatable bonds is 5. The van der Waals surface area contributed by atoms with Gasteiger partial charge < -0.3 is 4.90 Å². The van der Waals surface area contributed by atoms with Crippen LogP contribution in [0.1, 0.15) is 39.0 Å². The lowest BCUT2D eigenvalue weighted by Gasteiger charge is -2.26. The Morgan fingerprint density at radius 3 is 2.56 bits per heavy atom. The molecule has 92 valence electrons. The molecule has 0 spiro atoms. The average Bonchev–Trinajstić information content (AvgIpc) is 2.84. The maximum atomic E-state index is 11.2. The highest BCUT2D eigenvalue weighted by atomic mass is 16.1. The van der Waals surface area contributed by atoms with E-state index in [0.29, 0.717) is 11.8 Å². The Bertz CT molecular complexity index is 236. The summed E-state index contributed by atoms with van der Waals surface area (Å²) >= 11 is 0. The van der Waals surface area contributed by atoms with Crippen molar-refractivity contribution in [1.29, 1.82) is 0 Å². The number of ketones is 1. The molecule has 2 heterocycles. The first-order chi connectivity index (χ1) is 7.75. The van der Waals surface area contributed by atoms with Crippen LogP contribution in [0.5, 0.6) is 0 Å². The molecule has 1 atom stereocenters. The molecule has 2 saturated heterocycles. The lowest BCUT2D eigenvalue weighted by atomic mass is 10.1. The molecule has 0 aromatic rings. The fourth-order valence-electron chi connectivity index (χ4n) is 3.03. The highest BCUT2D eigenvalue weighted by molar-refractivity contribution is 5.76. The molecule has 16 heavy (non-hydrogen) atoms. The summed E-state index contributed by atoms with van der Waals surface area (Å²) < 4.78 is 0. The van der Waals surface area contributed by atoms with Gasteiger partial charge in [0.1, 0.15) is 5.78 Å². The Kier molecular flexibility index (Phi) is 4.36. The maximum absolute atomic E-state index is 11.2. The van der Waals surface area contributed by atoms with E-state index in [-0.39, 0.29) is 0 Å². The summed E-state index contributed by atoms with van der Waals surface area (Å²) in [5.41, 5.74) is 0. The van der Waals surface area contributed by atoms with Crippen molar-refractivity contribution in [3.8, 4) is 0 Å². The zero-order chi connectivity index (χ0) is 11.4. The van der Waals surface area contributed by atoms with Crippen molar-refractivity contribution in [2.45, 2.75) is 45.1 Å². The molecule has 2 fully saturated rings. The molecular weight excluding hydrogens is 200 g/mol. The Morgan fingerprint density at radius 2 is 1.88 bits per heavy atom. The second-order valence-corrected chi connectivity index (χ2v) is 5.29. The van der Waals surface area contributed by atoms with Crippen molar-refractivity contribution in [1.82, 2.24) is 9.80 Å². The molecule has 2 rings (SSSR count). The molecule has 0 aromatic heterocycles. The van der Waals surface area contributed by atoms with E-state index >= 15 is 0 Å². The van der Waals surface area contributed by atoms with E-state index in [2.05, 4.69) is 9.80 Å². The third kappa shape index (κ3) is 3.29. The minimum atomic E-state index is 0.345. The van der Waals surface area contributed by atoms with Crippen LogP contribution >= 0.6 is 0 Å². The van der Waals surface area contributed by atoms with Crippen LogP contribution in [0, 0.1) is 0 Å². The first-order valence-corrected chi connectivity index (χ1v) is 6.71. The number of Topliss-reactive ketones (excluding diaryl/α,β-unsaturated/α-hetero) is 1. The minimum absolute atomic E-state index is 0.345. The molecule has 2 aliphatic rings. The lowest BCUT2D eigenvalue weighted by molar-refractivity contribution is -0.118. The van der Waals surface area contributed by atoms with Crippen LogP contribution in [0.4, 0.5) is 0 Å². The molecule has 0 N–H and O–H groups in total. The van der Waals surface area contributed by atoms with E-state index in [4.69, 9.17) is 0 Å². The average molecular weight is 224 g/mol. The quantitative estimate of drug-likeness (QED) is 0.707. The van der Waals surface area contributed by atoms with Crippen LogP contribution in [0.25, 0.3) is 0 Å². The number of carbonyl (C=O) groups is 1. The van der Waals surface area contributed by atoms with E-state index in [0.717, 1.165) is 13.0 Å². The van der Waals surface area contributed by atoms with Crippen LogP contribution in [0.15, 0.2) is 0 Å². The van der Waals surface area contributed by atoms with E-state index in [1.807, 2.05) is 0 Å². The van der Waals surface area contributed by atoms with Gasteiger partial charge in [-0.05, 0) is 52.2 Å². The molecule has 0 amide bonds. The van der Waals surface area contributed by atoms with Crippen LogP contribution in [-0.4, -0.2) is 54.3 Å². The summed E-state index contributed by atoms with van der Waals surface area (Å²) in [7, 11) is 0. The van der Waals surface area contributed by atoms with Gasteiger partial charge in [0.25, 0.3) is 0 Å². The highest BCUT2D eigenvalue weighted by Crippen LogP contribution is 2.20. The molecule has 0 aliphatic carbocycles. The molecule has 3 nitrogen and oxygen atoms in total. The summed E-state index contributed by atoms with van der Waals surface area (Å²) in [5, 5.41) is 0. The van der Waals surface area contributed by atoms with Crippen molar-refractivity contribution in [2.75, 3.05) is 32.7 Å². The topological polar surface area (TPSA) is 23.6 Å². The van der Waals surface area contributed by atoms with Crippen LogP contribution < -0.4 is 0 Å². The normalized spacial score (nSPS) is 27.7. The zero-order valence-corrected chi connectivity index (χ0v) is 10.5. The second-order valence-electron chi connectivity index (χ2n) is 5.29. The fourth-order valence-corrected chi connectivity index (χ4v) is 3.03. The van der Waals surface area contributed by atoms with Gasteiger partial charge in [0.2, 0.25) is 0 Å². The summed E-state index contributed by atoms with van der Waals surface area (Å²) in [6, 6.07) is 0.542. The van der Waals surface area contributed by atoms with Crippen molar-refractivity contribution >= 4 is 5.78 Å². The van der Waals surface area contributed by atoms with Gasteiger partial charge in [-0.25, -0.2) is 0 Å². The van der Waals surface area contributed by atoms with Gasteiger partial charge in [0, 0.05) is 25.6 Å². The predicted octanol–water partition coefficient (Wildman–Crippen LogP) is 1.53. The highest BCUT2D eigenvalue weighted by Gasteiger charge is 2.25. The number of nitrogens with zero attached hydrogens (tertiary/aromatic N) is 2. The Morgan fingerprint density at radius 1 is 1.12 bits per heavy atom. The Balaban J connectivity index is 1.72. The maximum Gasteiger partial charge on any atom is 0.131 e. The van der Waals surface area contributed by atoms with Crippen LogP contribution in [0.2, 0.25) is 0 Å². The van der Waals surface area contributed by atoms with E-state index in [9.17, 15) is 4.79 Å². The standard InChI is InChI=1S/C13H24N2O/c1-12(16)11-13-5-4-8-15(13)10-9-14-6-2-3-7-14/h13H,2-11H2,1H3. The number of hydrogen-bond donors (Lipinski definition) is 0. The fraction of sp³-hybridized carbons (Fsp3) is 0.923. The Labute approximate surface area is 98.8 Å². The second kappa shape index (κ2) is 5.78. The molecule has 3 heteroatoms. The number of hydrogen-bond acceptors (Lipinski definition) is 3. The molecule has 0 radical (unpaired) electrons. The molecule has 0 saturated carbocycles. The molecule has 0 aromatic carbocycles. The van der Waals surface area contributed by atoms with E-state index < -0.39 is 0 Å². The predicted molar refractivity (Wildman–Crippen MR) is 65.6 cm³/mol. The van der Waals surface area contributed by atoms with Gasteiger partial charge in [-0.3, -0.25) is 9.69 Å². The smallest absolute Gasteiger partial charge is 0.131 e. The summed E-state index contributed by atoms with van der Waals surface area (Å²) in [4.78, 5) is 16.3. The van der Waals surface area contributed by atoms with Gasteiger partial charge in [-0.15, -0.1) is 0 Å². The molecule has 0 bridgehead atoms. The summed E-state index contributed by atoms with van der Waals surface area (Å²) in [6.45, 7) is 7.85. The lowest BCUT2D eigenvalue weighted by Crippen LogP contribution is -2.37. The first kappa shape index (κ1) is 12.1. The summed E-state index contributed by atoms with van der Waals surface area (Å²) in [6.07, 6.45) is 6.01. The van der Waals surface area contributed by atoms with Crippen molar-refractivity contribution in [2.24, 2.45) is 0 Å². The molecule has 2 aliphatic heterocycles. The van der Waals surface area contributed by atoms with Crippen molar-refractivity contribution in [3.05, 3.63) is 0 Å². The number of likely N-dealkylation sites (tertiary alicyclic amines) is 2. The van der Waals surface area contributed by atoms with Crippen LogP contribution in [0.3, 0.4) is 0 Å². The van der Waals surface area contributed by atoms with Gasteiger partial charge in [-0.1, -0.05) is 0 Å². The van der Waals surface area contributed by atoms with Crippen molar-refractivity contribution < 1.29 is 4.79 Å². The van der Waals surface area contributed by atoms with Crippen LogP contribution in [-0.2, 0) is 4.79 Å². The monoisotopic (exact) mass is 224 g/mol. The van der Waals surface area contributed by atoms with E-state index in [1.165, 1.54) is 51.9 Å². The summed E-state index contributed by atoms with van der Waals surface area (Å²) in [5.74, 6) is 0.345. The van der Waals surface area contributed by atoms with Gasteiger partial charge in [0.15, 0.2) is 0 Å². The minimum Gasteiger partial charge on any atom is -0.302 e. The largest absolute Gasteiger partial charge is 0.302 e. The number of carbonyl (C=O) groups excluding carboxylic acids is 1. The Hall–Kier alpha value is -0.410. The zero-order valence-electron chi connectivity index (χ0n) is 10.5. The first-order valence-electron chi connectivity index (χ1n) is 6.71. The third-order valence-corrected chi connectivity index (χ3v) is 3.92.